The maximum Gasteiger partial charge on any atom is 0.410 e. The van der Waals surface area contributed by atoms with Gasteiger partial charge in [0.05, 0.1) is 11.9 Å². The lowest BCUT2D eigenvalue weighted by atomic mass is 9.96. The van der Waals surface area contributed by atoms with E-state index in [1.165, 1.54) is 0 Å². The SMILES string of the molecule is CN(C)c1nc(-c2ccc(N(C)C3CC4CC[C@H](C3)N4C(=O)OC(C)(C)C)nn2)ccc1-c1cnn(C2CCCCO2)c1. The van der Waals surface area contributed by atoms with Crippen molar-refractivity contribution in [1.82, 2.24) is 29.9 Å². The normalized spacial score (nSPS) is 23.7. The predicted molar refractivity (Wildman–Crippen MR) is 166 cm³/mol. The highest BCUT2D eigenvalue weighted by molar-refractivity contribution is 5.77. The van der Waals surface area contributed by atoms with Gasteiger partial charge in [-0.15, -0.1) is 10.2 Å². The van der Waals surface area contributed by atoms with Crippen LogP contribution in [-0.4, -0.2) is 87.4 Å². The molecule has 230 valence electrons. The highest BCUT2D eigenvalue weighted by Crippen LogP contribution is 2.39. The van der Waals surface area contributed by atoms with Crippen molar-refractivity contribution in [2.45, 2.75) is 95.7 Å². The summed E-state index contributed by atoms with van der Waals surface area (Å²) in [7, 11) is 6.07. The molecular formula is C32H44N8O3. The molecule has 0 saturated carbocycles. The number of piperidine rings is 1. The quantitative estimate of drug-likeness (QED) is 0.368. The van der Waals surface area contributed by atoms with Crippen molar-refractivity contribution in [3.63, 3.8) is 0 Å². The van der Waals surface area contributed by atoms with Crippen LogP contribution in [0.5, 0.6) is 0 Å². The summed E-state index contributed by atoms with van der Waals surface area (Å²) in [4.78, 5) is 24.1. The molecule has 3 aliphatic rings. The van der Waals surface area contributed by atoms with E-state index in [1.807, 2.05) is 79.9 Å². The van der Waals surface area contributed by atoms with Crippen LogP contribution in [0.1, 0.15) is 71.9 Å². The van der Waals surface area contributed by atoms with Gasteiger partial charge in [-0.25, -0.2) is 14.5 Å². The molecule has 3 aromatic heterocycles. The summed E-state index contributed by atoms with van der Waals surface area (Å²) in [6, 6.07) is 8.76. The standard InChI is InChI=1S/C32H44N8O3/c1-32(2,3)43-31(41)40-22-10-11-23(40)18-24(17-22)38(6)28-15-14-27(35-36-28)26-13-12-25(30(34-26)37(4)5)21-19-33-39(20-21)29-9-7-8-16-42-29/h12-15,19-20,22-24,29H,7-11,16-18H2,1-6H3/t22-,23?,24?,29?/m1/s1. The number of carbonyl (C=O) groups is 1. The fraction of sp³-hybridized carbons (Fsp3) is 0.594. The van der Waals surface area contributed by atoms with E-state index >= 15 is 0 Å². The molecule has 4 atom stereocenters. The number of carbonyl (C=O) groups excluding carboxylic acids is 1. The number of amides is 1. The Morgan fingerprint density at radius 2 is 1.72 bits per heavy atom. The molecule has 11 heteroatoms. The largest absolute Gasteiger partial charge is 0.444 e. The topological polar surface area (TPSA) is 102 Å². The van der Waals surface area contributed by atoms with E-state index < -0.39 is 5.60 Å². The zero-order valence-corrected chi connectivity index (χ0v) is 26.2. The van der Waals surface area contributed by atoms with Crippen LogP contribution in [0.3, 0.4) is 0 Å². The van der Waals surface area contributed by atoms with E-state index in [4.69, 9.17) is 14.5 Å². The average Bonchev–Trinajstić information content (AvgIpc) is 3.58. The number of hydrogen-bond acceptors (Lipinski definition) is 9. The van der Waals surface area contributed by atoms with E-state index in [0.29, 0.717) is 0 Å². The van der Waals surface area contributed by atoms with Crippen LogP contribution < -0.4 is 9.80 Å². The van der Waals surface area contributed by atoms with E-state index in [9.17, 15) is 4.79 Å². The fourth-order valence-electron chi connectivity index (χ4n) is 6.64. The molecule has 3 aromatic rings. The molecule has 3 unspecified atom stereocenters. The monoisotopic (exact) mass is 588 g/mol. The summed E-state index contributed by atoms with van der Waals surface area (Å²) < 4.78 is 13.5. The third-order valence-corrected chi connectivity index (χ3v) is 8.80. The van der Waals surface area contributed by atoms with Crippen molar-refractivity contribution in [2.24, 2.45) is 0 Å². The zero-order chi connectivity index (χ0) is 30.3. The zero-order valence-electron chi connectivity index (χ0n) is 26.2. The van der Waals surface area contributed by atoms with Crippen LogP contribution in [0.4, 0.5) is 16.4 Å². The third-order valence-electron chi connectivity index (χ3n) is 8.80. The number of nitrogens with zero attached hydrogens (tertiary/aromatic N) is 8. The maximum atomic E-state index is 12.9. The summed E-state index contributed by atoms with van der Waals surface area (Å²) in [5.41, 5.74) is 3.01. The second-order valence-corrected chi connectivity index (χ2v) is 13.3. The Labute approximate surface area is 254 Å². The van der Waals surface area contributed by atoms with Crippen LogP contribution in [0, 0.1) is 0 Å². The Balaban J connectivity index is 1.15. The Morgan fingerprint density at radius 1 is 0.977 bits per heavy atom. The number of ether oxygens (including phenoxy) is 2. The number of aromatic nitrogens is 5. The van der Waals surface area contributed by atoms with Crippen LogP contribution in [0.2, 0.25) is 0 Å². The van der Waals surface area contributed by atoms with Gasteiger partial charge in [0.15, 0.2) is 5.82 Å². The lowest BCUT2D eigenvalue weighted by molar-refractivity contribution is -0.0394. The van der Waals surface area contributed by atoms with Gasteiger partial charge in [-0.2, -0.15) is 5.10 Å². The van der Waals surface area contributed by atoms with Gasteiger partial charge in [0.1, 0.15) is 23.3 Å². The lowest BCUT2D eigenvalue weighted by Crippen LogP contribution is -2.53. The van der Waals surface area contributed by atoms with Crippen molar-refractivity contribution in [2.75, 3.05) is 37.5 Å². The van der Waals surface area contributed by atoms with Gasteiger partial charge in [-0.3, -0.25) is 0 Å². The highest BCUT2D eigenvalue weighted by Gasteiger charge is 2.46. The number of hydrogen-bond donors (Lipinski definition) is 0. The second-order valence-electron chi connectivity index (χ2n) is 13.3. The number of rotatable bonds is 6. The van der Waals surface area contributed by atoms with E-state index in [1.54, 1.807) is 0 Å². The molecule has 2 bridgehead atoms. The van der Waals surface area contributed by atoms with Gasteiger partial charge in [0.25, 0.3) is 0 Å². The lowest BCUT2D eigenvalue weighted by Gasteiger charge is -2.42. The molecule has 1 amide bonds. The first-order valence-corrected chi connectivity index (χ1v) is 15.5. The summed E-state index contributed by atoms with van der Waals surface area (Å²) in [6.45, 7) is 6.54. The predicted octanol–water partition coefficient (Wildman–Crippen LogP) is 5.53. The molecule has 3 saturated heterocycles. The second kappa shape index (κ2) is 11.7. The number of anilines is 2. The summed E-state index contributed by atoms with van der Waals surface area (Å²) >= 11 is 0. The maximum absolute atomic E-state index is 12.9. The molecular weight excluding hydrogens is 544 g/mol. The van der Waals surface area contributed by atoms with Crippen molar-refractivity contribution in [3.8, 4) is 22.5 Å². The molecule has 0 spiro atoms. The van der Waals surface area contributed by atoms with Gasteiger partial charge >= 0.3 is 6.09 Å². The number of pyridine rings is 1. The van der Waals surface area contributed by atoms with E-state index in [0.717, 1.165) is 85.7 Å². The Kier molecular flexibility index (Phi) is 8.02. The van der Waals surface area contributed by atoms with E-state index in [-0.39, 0.29) is 30.4 Å². The van der Waals surface area contributed by atoms with Crippen LogP contribution in [0.15, 0.2) is 36.7 Å². The minimum atomic E-state index is -0.489. The molecule has 0 N–H and O–H groups in total. The van der Waals surface area contributed by atoms with Crippen LogP contribution in [0.25, 0.3) is 22.5 Å². The smallest absolute Gasteiger partial charge is 0.410 e. The van der Waals surface area contributed by atoms with Crippen molar-refractivity contribution in [1.29, 1.82) is 0 Å². The fourth-order valence-corrected chi connectivity index (χ4v) is 6.64. The number of fused-ring (bicyclic) bond motifs is 2. The molecule has 6 heterocycles. The van der Waals surface area contributed by atoms with Crippen molar-refractivity contribution < 1.29 is 14.3 Å². The van der Waals surface area contributed by atoms with Gasteiger partial charge in [-0.05, 0) is 90.0 Å². The Bertz CT molecular complexity index is 1410. The first kappa shape index (κ1) is 29.3. The highest BCUT2D eigenvalue weighted by atomic mass is 16.6. The third kappa shape index (κ3) is 6.18. The molecule has 6 rings (SSSR count). The van der Waals surface area contributed by atoms with Crippen molar-refractivity contribution >= 4 is 17.7 Å². The minimum absolute atomic E-state index is 0.00265. The van der Waals surface area contributed by atoms with E-state index in [2.05, 4.69) is 33.3 Å². The molecule has 0 aliphatic carbocycles. The Hall–Kier alpha value is -3.73. The summed E-state index contributed by atoms with van der Waals surface area (Å²) in [6.07, 6.45) is 10.8. The van der Waals surface area contributed by atoms with Gasteiger partial charge in [-0.1, -0.05) is 0 Å². The van der Waals surface area contributed by atoms with Gasteiger partial charge < -0.3 is 24.2 Å². The van der Waals surface area contributed by atoms with Crippen LogP contribution in [-0.2, 0) is 9.47 Å². The molecule has 11 nitrogen and oxygen atoms in total. The molecule has 3 fully saturated rings. The Morgan fingerprint density at radius 3 is 2.35 bits per heavy atom. The molecule has 0 radical (unpaired) electrons. The average molecular weight is 589 g/mol. The van der Waals surface area contributed by atoms with Gasteiger partial charge in [0, 0.05) is 63.2 Å². The molecule has 3 aliphatic heterocycles. The first-order chi connectivity index (χ1) is 20.6. The van der Waals surface area contributed by atoms with Crippen molar-refractivity contribution in [3.05, 3.63) is 36.7 Å². The minimum Gasteiger partial charge on any atom is -0.444 e. The summed E-state index contributed by atoms with van der Waals surface area (Å²) in [5.74, 6) is 1.66. The molecule has 43 heavy (non-hydrogen) atoms. The molecule has 0 aromatic carbocycles. The first-order valence-electron chi connectivity index (χ1n) is 15.5. The van der Waals surface area contributed by atoms with Gasteiger partial charge in [0.2, 0.25) is 0 Å². The van der Waals surface area contributed by atoms with Crippen LogP contribution >= 0.6 is 0 Å². The summed E-state index contributed by atoms with van der Waals surface area (Å²) in [5, 5.41) is 13.8.